The van der Waals surface area contributed by atoms with Gasteiger partial charge in [0.15, 0.2) is 0 Å². The predicted molar refractivity (Wildman–Crippen MR) is 115 cm³/mol. The Balaban J connectivity index is 2.21. The van der Waals surface area contributed by atoms with Crippen molar-refractivity contribution in [2.24, 2.45) is 5.92 Å². The number of carbonyl (C=O) groups is 2. The number of amides is 2. The van der Waals surface area contributed by atoms with E-state index in [9.17, 15) is 18.0 Å². The van der Waals surface area contributed by atoms with Crippen LogP contribution in [0.2, 0.25) is 0 Å². The Labute approximate surface area is 176 Å². The minimum Gasteiger partial charge on any atom is -0.312 e. The number of hydrogen-bond acceptors (Lipinski definition) is 5. The summed E-state index contributed by atoms with van der Waals surface area (Å²) in [4.78, 5) is 27.1. The molecule has 0 saturated heterocycles. The lowest BCUT2D eigenvalue weighted by atomic mass is 10.0. The number of rotatable bonds is 9. The molecule has 30 heavy (non-hydrogen) atoms. The van der Waals surface area contributed by atoms with E-state index >= 15 is 0 Å². The molecule has 0 bridgehead atoms. The molecule has 1 atom stereocenters. The van der Waals surface area contributed by atoms with Gasteiger partial charge in [0.25, 0.3) is 10.0 Å². The number of para-hydroxylation sites is 1. The van der Waals surface area contributed by atoms with E-state index < -0.39 is 27.8 Å². The Morgan fingerprint density at radius 2 is 1.70 bits per heavy atom. The number of sulfonamides is 1. The molecule has 0 aromatic heterocycles. The molecule has 2 aromatic carbocycles. The van der Waals surface area contributed by atoms with Gasteiger partial charge >= 0.3 is 0 Å². The number of nitrogens with zero attached hydrogens (tertiary/aromatic N) is 2. The van der Waals surface area contributed by atoms with Gasteiger partial charge in [-0.2, -0.15) is 5.26 Å². The molecule has 0 aliphatic heterocycles. The van der Waals surface area contributed by atoms with Gasteiger partial charge in [-0.25, -0.2) is 13.1 Å². The van der Waals surface area contributed by atoms with Gasteiger partial charge in [-0.05, 0) is 37.1 Å². The van der Waals surface area contributed by atoms with Gasteiger partial charge < -0.3 is 4.90 Å². The summed E-state index contributed by atoms with van der Waals surface area (Å²) in [6.07, 6.45) is 1.21. The van der Waals surface area contributed by atoms with Crippen molar-refractivity contribution >= 4 is 33.6 Å². The molecule has 2 rings (SSSR count). The number of nitrogens with one attached hydrogen (secondary N) is 1. The second-order valence-electron chi connectivity index (χ2n) is 6.39. The zero-order valence-electron chi connectivity index (χ0n) is 16.6. The zero-order valence-corrected chi connectivity index (χ0v) is 17.4. The van der Waals surface area contributed by atoms with Crippen LogP contribution >= 0.6 is 0 Å². The van der Waals surface area contributed by atoms with Crippen molar-refractivity contribution in [2.75, 3.05) is 11.4 Å². The molecule has 0 aliphatic rings. The van der Waals surface area contributed by atoms with Crippen LogP contribution in [0.3, 0.4) is 0 Å². The highest BCUT2D eigenvalue weighted by Gasteiger charge is 2.32. The van der Waals surface area contributed by atoms with Crippen LogP contribution in [-0.4, -0.2) is 26.8 Å². The van der Waals surface area contributed by atoms with Crippen molar-refractivity contribution in [2.45, 2.75) is 19.8 Å². The molecule has 7 nitrogen and oxygen atoms in total. The number of hydrogen-bond donors (Lipinski definition) is 1. The maximum atomic E-state index is 13.0. The summed E-state index contributed by atoms with van der Waals surface area (Å²) in [6, 6.07) is 19.4. The van der Waals surface area contributed by atoms with Gasteiger partial charge in [0.1, 0.15) is 5.92 Å². The molecule has 1 N–H and O–H groups in total. The fourth-order valence-corrected chi connectivity index (χ4v) is 3.64. The van der Waals surface area contributed by atoms with Crippen LogP contribution < -0.4 is 9.62 Å². The first kappa shape index (κ1) is 22.8. The highest BCUT2D eigenvalue weighted by atomic mass is 32.2. The lowest BCUT2D eigenvalue weighted by Gasteiger charge is -2.25. The van der Waals surface area contributed by atoms with Crippen molar-refractivity contribution in [3.63, 3.8) is 0 Å². The fraction of sp³-hybridized carbons (Fsp3) is 0.227. The Hall–Kier alpha value is -3.44. The van der Waals surface area contributed by atoms with Crippen LogP contribution in [-0.2, 0) is 19.6 Å². The summed E-state index contributed by atoms with van der Waals surface area (Å²) in [5.41, 5.74) is 1.24. The summed E-state index contributed by atoms with van der Waals surface area (Å²) in [5, 5.41) is 9.77. The van der Waals surface area contributed by atoms with Crippen molar-refractivity contribution < 1.29 is 18.0 Å². The first-order chi connectivity index (χ1) is 14.4. The maximum absolute atomic E-state index is 13.0. The second-order valence-corrected chi connectivity index (χ2v) is 7.96. The van der Waals surface area contributed by atoms with E-state index in [2.05, 4.69) is 0 Å². The molecule has 0 saturated carbocycles. The normalized spacial score (nSPS) is 12.1. The molecule has 2 amide bonds. The third-order valence-corrected chi connectivity index (χ3v) is 5.27. The summed E-state index contributed by atoms with van der Waals surface area (Å²) >= 11 is 0. The summed E-state index contributed by atoms with van der Waals surface area (Å²) < 4.78 is 26.6. The topological polar surface area (TPSA) is 107 Å². The number of nitriles is 1. The minimum absolute atomic E-state index is 0.0595. The van der Waals surface area contributed by atoms with E-state index in [-0.39, 0.29) is 12.8 Å². The van der Waals surface area contributed by atoms with Crippen LogP contribution in [0.1, 0.15) is 25.3 Å². The largest absolute Gasteiger partial charge is 0.312 e. The van der Waals surface area contributed by atoms with E-state index in [1.807, 2.05) is 10.8 Å². The molecule has 8 heteroatoms. The van der Waals surface area contributed by atoms with Gasteiger partial charge in [0.2, 0.25) is 11.8 Å². The first-order valence-corrected chi connectivity index (χ1v) is 11.0. The average Bonchev–Trinajstić information content (AvgIpc) is 2.74. The lowest BCUT2D eigenvalue weighted by Crippen LogP contribution is -2.45. The summed E-state index contributed by atoms with van der Waals surface area (Å²) in [5.74, 6) is -2.81. The van der Waals surface area contributed by atoms with Gasteiger partial charge in [-0.15, -0.1) is 0 Å². The standard InChI is InChI=1S/C22H23N3O4S/c1-2-25(19-12-7-4-8-13-19)22(27)20(14-9-16-23)21(26)24-30(28,29)17-15-18-10-5-3-6-11-18/h3-8,10-13,15,17,20H,2,9,14H2,1H3,(H,24,26). The van der Waals surface area contributed by atoms with Crippen molar-refractivity contribution in [3.05, 3.63) is 71.6 Å². The van der Waals surface area contributed by atoms with Crippen LogP contribution in [0.25, 0.3) is 6.08 Å². The minimum atomic E-state index is -4.11. The van der Waals surface area contributed by atoms with E-state index in [0.29, 0.717) is 17.8 Å². The Morgan fingerprint density at radius 3 is 2.27 bits per heavy atom. The molecule has 0 fully saturated rings. The number of anilines is 1. The molecule has 0 aliphatic carbocycles. The SMILES string of the molecule is CCN(C(=O)C(CCC#N)C(=O)NS(=O)(=O)C=Cc1ccccc1)c1ccccc1. The third-order valence-electron chi connectivity index (χ3n) is 4.29. The third kappa shape index (κ3) is 6.57. The Bertz CT molecular complexity index is 1030. The average molecular weight is 426 g/mol. The molecule has 2 aromatic rings. The molecule has 0 radical (unpaired) electrons. The summed E-state index contributed by atoms with van der Waals surface area (Å²) in [7, 11) is -4.11. The lowest BCUT2D eigenvalue weighted by molar-refractivity contribution is -0.132. The van der Waals surface area contributed by atoms with Crippen LogP contribution in [0.5, 0.6) is 0 Å². The monoisotopic (exact) mass is 425 g/mol. The van der Waals surface area contributed by atoms with E-state index in [1.54, 1.807) is 67.6 Å². The smallest absolute Gasteiger partial charge is 0.257 e. The van der Waals surface area contributed by atoms with Gasteiger partial charge in [-0.1, -0.05) is 48.5 Å². The molecular formula is C22H23N3O4S. The predicted octanol–water partition coefficient (Wildman–Crippen LogP) is 3.08. The quantitative estimate of drug-likeness (QED) is 0.621. The highest BCUT2D eigenvalue weighted by Crippen LogP contribution is 2.19. The van der Waals surface area contributed by atoms with Gasteiger partial charge in [0.05, 0.1) is 11.5 Å². The van der Waals surface area contributed by atoms with Crippen molar-refractivity contribution in [3.8, 4) is 6.07 Å². The Morgan fingerprint density at radius 1 is 1.10 bits per heavy atom. The molecule has 156 valence electrons. The molecule has 0 heterocycles. The maximum Gasteiger partial charge on any atom is 0.257 e. The molecule has 1 unspecified atom stereocenters. The molecule has 0 spiro atoms. The van der Waals surface area contributed by atoms with Crippen LogP contribution in [0.15, 0.2) is 66.1 Å². The van der Waals surface area contributed by atoms with Gasteiger partial charge in [0, 0.05) is 18.7 Å². The Kier molecular flexibility index (Phi) is 8.32. The van der Waals surface area contributed by atoms with Crippen LogP contribution in [0.4, 0.5) is 5.69 Å². The van der Waals surface area contributed by atoms with E-state index in [1.165, 1.54) is 11.0 Å². The van der Waals surface area contributed by atoms with E-state index in [4.69, 9.17) is 5.26 Å². The first-order valence-electron chi connectivity index (χ1n) is 9.41. The summed E-state index contributed by atoms with van der Waals surface area (Å²) in [6.45, 7) is 2.04. The van der Waals surface area contributed by atoms with Crippen molar-refractivity contribution in [1.29, 1.82) is 5.26 Å². The number of carbonyl (C=O) groups excluding carboxylic acids is 2. The second kappa shape index (κ2) is 10.9. The van der Waals surface area contributed by atoms with Gasteiger partial charge in [-0.3, -0.25) is 9.59 Å². The van der Waals surface area contributed by atoms with E-state index in [0.717, 1.165) is 5.41 Å². The zero-order chi connectivity index (χ0) is 22.0. The van der Waals surface area contributed by atoms with Crippen molar-refractivity contribution in [1.82, 2.24) is 4.72 Å². The number of benzene rings is 2. The molecular weight excluding hydrogens is 402 g/mol. The fourth-order valence-electron chi connectivity index (χ4n) is 2.81. The van der Waals surface area contributed by atoms with Crippen LogP contribution in [0, 0.1) is 17.2 Å². The highest BCUT2D eigenvalue weighted by molar-refractivity contribution is 7.93.